The van der Waals surface area contributed by atoms with E-state index in [9.17, 15) is 9.59 Å². The lowest BCUT2D eigenvalue weighted by atomic mass is 9.90. The van der Waals surface area contributed by atoms with Gasteiger partial charge in [-0.15, -0.1) is 0 Å². The van der Waals surface area contributed by atoms with Crippen molar-refractivity contribution in [2.75, 3.05) is 6.61 Å². The fourth-order valence-corrected chi connectivity index (χ4v) is 1.58. The van der Waals surface area contributed by atoms with Gasteiger partial charge < -0.3 is 4.74 Å². The van der Waals surface area contributed by atoms with Gasteiger partial charge in [0.2, 0.25) is 0 Å². The zero-order chi connectivity index (χ0) is 11.5. The summed E-state index contributed by atoms with van der Waals surface area (Å²) in [6, 6.07) is 0. The van der Waals surface area contributed by atoms with Crippen molar-refractivity contribution in [2.24, 2.45) is 11.3 Å². The molecule has 1 unspecified atom stereocenters. The molecular weight excluding hydrogens is 192 g/mol. The summed E-state index contributed by atoms with van der Waals surface area (Å²) in [4.78, 5) is 22.9. The van der Waals surface area contributed by atoms with Crippen LogP contribution in [0, 0.1) is 11.3 Å². The summed E-state index contributed by atoms with van der Waals surface area (Å²) < 4.78 is 5.19. The Balaban J connectivity index is 2.37. The second kappa shape index (κ2) is 4.77. The van der Waals surface area contributed by atoms with Crippen LogP contribution in [0.2, 0.25) is 0 Å². The number of ketones is 1. The minimum Gasteiger partial charge on any atom is -0.465 e. The largest absolute Gasteiger partial charge is 0.465 e. The molecule has 0 spiro atoms. The first-order chi connectivity index (χ1) is 6.97. The monoisotopic (exact) mass is 212 g/mol. The molecule has 0 aromatic rings. The molecule has 0 aliphatic heterocycles. The van der Waals surface area contributed by atoms with Gasteiger partial charge >= 0.3 is 5.97 Å². The van der Waals surface area contributed by atoms with Gasteiger partial charge in [-0.05, 0) is 33.1 Å². The number of carbonyl (C=O) groups excluding carboxylic acids is 2. The van der Waals surface area contributed by atoms with Crippen molar-refractivity contribution in [1.29, 1.82) is 0 Å². The van der Waals surface area contributed by atoms with Crippen molar-refractivity contribution < 1.29 is 14.3 Å². The highest BCUT2D eigenvalue weighted by molar-refractivity contribution is 5.83. The molecule has 0 N–H and O–H groups in total. The highest BCUT2D eigenvalue weighted by Crippen LogP contribution is 2.25. The number of hydrogen-bond donors (Lipinski definition) is 0. The van der Waals surface area contributed by atoms with E-state index < -0.39 is 5.41 Å². The van der Waals surface area contributed by atoms with Crippen LogP contribution in [-0.2, 0) is 14.3 Å². The van der Waals surface area contributed by atoms with Crippen molar-refractivity contribution in [3.05, 3.63) is 0 Å². The van der Waals surface area contributed by atoms with Crippen molar-refractivity contribution >= 4 is 11.8 Å². The van der Waals surface area contributed by atoms with Gasteiger partial charge in [0.1, 0.15) is 12.4 Å². The van der Waals surface area contributed by atoms with Gasteiger partial charge in [-0.3, -0.25) is 9.59 Å². The van der Waals surface area contributed by atoms with Gasteiger partial charge in [-0.2, -0.15) is 0 Å². The van der Waals surface area contributed by atoms with Crippen LogP contribution < -0.4 is 0 Å². The third-order valence-electron chi connectivity index (χ3n) is 3.28. The van der Waals surface area contributed by atoms with Crippen LogP contribution in [-0.4, -0.2) is 18.4 Å². The van der Waals surface area contributed by atoms with Crippen LogP contribution in [0.3, 0.4) is 0 Å². The van der Waals surface area contributed by atoms with E-state index in [0.29, 0.717) is 6.42 Å². The first-order valence-corrected chi connectivity index (χ1v) is 5.67. The van der Waals surface area contributed by atoms with Crippen LogP contribution in [0.25, 0.3) is 0 Å². The highest BCUT2D eigenvalue weighted by atomic mass is 16.5. The Hall–Kier alpha value is -0.860. The van der Waals surface area contributed by atoms with Crippen molar-refractivity contribution in [3.8, 4) is 0 Å². The van der Waals surface area contributed by atoms with E-state index in [-0.39, 0.29) is 24.3 Å². The van der Waals surface area contributed by atoms with Gasteiger partial charge in [0.25, 0.3) is 0 Å². The molecule has 1 rings (SSSR count). The number of rotatable bonds is 4. The molecule has 1 aliphatic rings. The molecule has 15 heavy (non-hydrogen) atoms. The van der Waals surface area contributed by atoms with Gasteiger partial charge in [0, 0.05) is 6.42 Å². The second-order valence-electron chi connectivity index (χ2n) is 4.89. The van der Waals surface area contributed by atoms with E-state index >= 15 is 0 Å². The first-order valence-electron chi connectivity index (χ1n) is 5.67. The lowest BCUT2D eigenvalue weighted by molar-refractivity contribution is -0.155. The molecule has 0 aromatic heterocycles. The van der Waals surface area contributed by atoms with Gasteiger partial charge in [0.05, 0.1) is 11.3 Å². The zero-order valence-electron chi connectivity index (χ0n) is 9.84. The Morgan fingerprint density at radius 3 is 2.67 bits per heavy atom. The van der Waals surface area contributed by atoms with Crippen molar-refractivity contribution in [1.82, 2.24) is 0 Å². The molecule has 3 heteroatoms. The third kappa shape index (κ3) is 3.05. The van der Waals surface area contributed by atoms with Gasteiger partial charge in [0.15, 0.2) is 0 Å². The molecule has 1 atom stereocenters. The van der Waals surface area contributed by atoms with E-state index in [4.69, 9.17) is 4.74 Å². The molecule has 0 aromatic carbocycles. The molecule has 0 amide bonds. The smallest absolute Gasteiger partial charge is 0.311 e. The molecule has 1 fully saturated rings. The Kier molecular flexibility index (Phi) is 3.89. The van der Waals surface area contributed by atoms with E-state index in [0.717, 1.165) is 19.3 Å². The van der Waals surface area contributed by atoms with E-state index in [2.05, 4.69) is 0 Å². The Morgan fingerprint density at radius 2 is 2.20 bits per heavy atom. The topological polar surface area (TPSA) is 43.4 Å². The maximum atomic E-state index is 11.6. The minimum absolute atomic E-state index is 0.0402. The lowest BCUT2D eigenvalue weighted by Crippen LogP contribution is -2.28. The van der Waals surface area contributed by atoms with E-state index in [1.807, 2.05) is 20.8 Å². The van der Waals surface area contributed by atoms with Gasteiger partial charge in [-0.1, -0.05) is 6.92 Å². The third-order valence-corrected chi connectivity index (χ3v) is 3.28. The summed E-state index contributed by atoms with van der Waals surface area (Å²) in [5.41, 5.74) is -0.429. The summed E-state index contributed by atoms with van der Waals surface area (Å²) in [5.74, 6) is 0.0170. The average Bonchev–Trinajstić information content (AvgIpc) is 2.60. The molecule has 86 valence electrons. The van der Waals surface area contributed by atoms with Crippen LogP contribution in [0.15, 0.2) is 0 Å². The number of hydrogen-bond acceptors (Lipinski definition) is 3. The van der Waals surface area contributed by atoms with E-state index in [1.54, 1.807) is 0 Å². The summed E-state index contributed by atoms with van der Waals surface area (Å²) in [6.07, 6.45) is 3.22. The maximum Gasteiger partial charge on any atom is 0.311 e. The zero-order valence-corrected chi connectivity index (χ0v) is 9.84. The molecule has 0 radical (unpaired) electrons. The number of ether oxygens (including phenoxy) is 1. The number of Topliss-reactive ketones (excluding diaryl/α,β-unsaturated/α-hetero) is 1. The fourth-order valence-electron chi connectivity index (χ4n) is 1.58. The van der Waals surface area contributed by atoms with Crippen molar-refractivity contribution in [3.63, 3.8) is 0 Å². The minimum atomic E-state index is -0.429. The van der Waals surface area contributed by atoms with Crippen molar-refractivity contribution in [2.45, 2.75) is 46.5 Å². The second-order valence-corrected chi connectivity index (χ2v) is 4.89. The first kappa shape index (κ1) is 12.2. The molecule has 1 saturated carbocycles. The average molecular weight is 212 g/mol. The molecule has 0 heterocycles. The summed E-state index contributed by atoms with van der Waals surface area (Å²) in [5, 5.41) is 0. The fraction of sp³-hybridized carbons (Fsp3) is 0.833. The quantitative estimate of drug-likeness (QED) is 0.672. The molecule has 0 saturated heterocycles. The lowest BCUT2D eigenvalue weighted by Gasteiger charge is -2.21. The van der Waals surface area contributed by atoms with E-state index in [1.165, 1.54) is 0 Å². The summed E-state index contributed by atoms with van der Waals surface area (Å²) >= 11 is 0. The molecule has 1 aliphatic carbocycles. The predicted molar refractivity (Wildman–Crippen MR) is 57.4 cm³/mol. The van der Waals surface area contributed by atoms with Crippen LogP contribution in [0.5, 0.6) is 0 Å². The maximum absolute atomic E-state index is 11.6. The Morgan fingerprint density at radius 1 is 1.53 bits per heavy atom. The number of esters is 1. The van der Waals surface area contributed by atoms with Gasteiger partial charge in [-0.25, -0.2) is 0 Å². The normalized spacial score (nSPS) is 21.8. The SMILES string of the molecule is CCC(C)(C)C(=O)OCC1CCCC1=O. The molecule has 3 nitrogen and oxygen atoms in total. The summed E-state index contributed by atoms with van der Waals surface area (Å²) in [7, 11) is 0. The Labute approximate surface area is 91.2 Å². The van der Waals surface area contributed by atoms with Crippen LogP contribution >= 0.6 is 0 Å². The molecular formula is C12H20O3. The standard InChI is InChI=1S/C12H20O3/c1-4-12(2,3)11(14)15-8-9-6-5-7-10(9)13/h9H,4-8H2,1-3H3. The summed E-state index contributed by atoms with van der Waals surface area (Å²) in [6.45, 7) is 5.97. The highest BCUT2D eigenvalue weighted by Gasteiger charge is 2.30. The van der Waals surface area contributed by atoms with Crippen LogP contribution in [0.1, 0.15) is 46.5 Å². The Bertz CT molecular complexity index is 256. The van der Waals surface area contributed by atoms with Crippen LogP contribution in [0.4, 0.5) is 0 Å². The molecule has 0 bridgehead atoms. The number of carbonyl (C=O) groups is 2. The predicted octanol–water partition coefficient (Wildman–Crippen LogP) is 2.33.